The maximum atomic E-state index is 11.3. The lowest BCUT2D eigenvalue weighted by molar-refractivity contribution is -0.127. The number of hydrogen-bond donors (Lipinski definition) is 1. The minimum Gasteiger partial charge on any atom is -0.329 e. The van der Waals surface area contributed by atoms with Crippen molar-refractivity contribution in [2.75, 3.05) is 20.1 Å². The number of hydrogen-bond acceptors (Lipinski definition) is 3. The second kappa shape index (κ2) is 3.10. The van der Waals surface area contributed by atoms with Gasteiger partial charge in [0.15, 0.2) is 0 Å². The molecule has 1 atom stereocenters. The average molecular weight is 171 g/mol. The molecule has 2 N–H and O–H groups in total. The van der Waals surface area contributed by atoms with Crippen molar-refractivity contribution in [3.63, 3.8) is 0 Å². The van der Waals surface area contributed by atoms with Crippen molar-refractivity contribution in [2.24, 2.45) is 5.73 Å². The molecule has 1 heterocycles. The molecule has 3 amide bonds. The van der Waals surface area contributed by atoms with Gasteiger partial charge in [-0.05, 0) is 6.92 Å². The Kier molecular flexibility index (Phi) is 2.32. The van der Waals surface area contributed by atoms with Gasteiger partial charge in [-0.3, -0.25) is 9.69 Å². The van der Waals surface area contributed by atoms with Crippen LogP contribution in [0.15, 0.2) is 0 Å². The van der Waals surface area contributed by atoms with Gasteiger partial charge < -0.3 is 10.6 Å². The fourth-order valence-electron chi connectivity index (χ4n) is 1.29. The summed E-state index contributed by atoms with van der Waals surface area (Å²) >= 11 is 0. The topological polar surface area (TPSA) is 66.6 Å². The molecule has 0 aromatic rings. The molecule has 0 bridgehead atoms. The van der Waals surface area contributed by atoms with E-state index in [1.54, 1.807) is 6.92 Å². The van der Waals surface area contributed by atoms with Crippen LogP contribution in [0, 0.1) is 0 Å². The molecule has 1 aliphatic rings. The minimum atomic E-state index is -0.356. The van der Waals surface area contributed by atoms with Crippen LogP contribution in [0.4, 0.5) is 4.79 Å². The molecule has 1 fully saturated rings. The number of rotatable bonds is 2. The smallest absolute Gasteiger partial charge is 0.327 e. The Bertz CT molecular complexity index is 217. The maximum absolute atomic E-state index is 11.3. The Morgan fingerprint density at radius 2 is 2.08 bits per heavy atom. The van der Waals surface area contributed by atoms with Crippen LogP contribution in [-0.4, -0.2) is 47.9 Å². The van der Waals surface area contributed by atoms with Crippen molar-refractivity contribution >= 4 is 11.9 Å². The summed E-state index contributed by atoms with van der Waals surface area (Å²) in [6.07, 6.45) is 0. The molecule has 5 heteroatoms. The average Bonchev–Trinajstić information content (AvgIpc) is 2.23. The highest BCUT2D eigenvalue weighted by atomic mass is 16.2. The van der Waals surface area contributed by atoms with Gasteiger partial charge in [0.05, 0.1) is 0 Å². The lowest BCUT2D eigenvalue weighted by Gasteiger charge is -2.16. The highest BCUT2D eigenvalue weighted by Gasteiger charge is 2.39. The Morgan fingerprint density at radius 1 is 1.50 bits per heavy atom. The van der Waals surface area contributed by atoms with Gasteiger partial charge in [-0.25, -0.2) is 4.79 Å². The van der Waals surface area contributed by atoms with Crippen LogP contribution < -0.4 is 5.73 Å². The van der Waals surface area contributed by atoms with Crippen molar-refractivity contribution in [2.45, 2.75) is 13.0 Å². The van der Waals surface area contributed by atoms with E-state index in [9.17, 15) is 9.59 Å². The first kappa shape index (κ1) is 8.99. The van der Waals surface area contributed by atoms with Crippen LogP contribution in [-0.2, 0) is 4.79 Å². The van der Waals surface area contributed by atoms with E-state index in [-0.39, 0.29) is 18.0 Å². The summed E-state index contributed by atoms with van der Waals surface area (Å²) in [4.78, 5) is 25.1. The van der Waals surface area contributed by atoms with Gasteiger partial charge in [0.1, 0.15) is 6.04 Å². The van der Waals surface area contributed by atoms with Gasteiger partial charge in [0, 0.05) is 20.1 Å². The minimum absolute atomic E-state index is 0.159. The van der Waals surface area contributed by atoms with Crippen molar-refractivity contribution in [1.29, 1.82) is 0 Å². The normalized spacial score (nSPS) is 24.1. The summed E-state index contributed by atoms with van der Waals surface area (Å²) in [5.41, 5.74) is 5.30. The molecule has 12 heavy (non-hydrogen) atoms. The third-order valence-electron chi connectivity index (χ3n) is 2.06. The van der Waals surface area contributed by atoms with E-state index in [1.807, 2.05) is 0 Å². The van der Waals surface area contributed by atoms with Gasteiger partial charge >= 0.3 is 6.03 Å². The van der Waals surface area contributed by atoms with E-state index in [4.69, 9.17) is 5.73 Å². The number of amides is 3. The first-order chi connectivity index (χ1) is 5.59. The quantitative estimate of drug-likeness (QED) is 0.555. The zero-order chi connectivity index (χ0) is 9.30. The molecule has 0 aromatic heterocycles. The summed E-state index contributed by atoms with van der Waals surface area (Å²) in [6, 6.07) is -0.607. The highest BCUT2D eigenvalue weighted by molar-refractivity contribution is 6.03. The lowest BCUT2D eigenvalue weighted by Crippen LogP contribution is -2.37. The molecule has 1 rings (SSSR count). The Balaban J connectivity index is 2.76. The number of nitrogens with zero attached hydrogens (tertiary/aromatic N) is 2. The van der Waals surface area contributed by atoms with E-state index in [1.165, 1.54) is 11.9 Å². The van der Waals surface area contributed by atoms with Gasteiger partial charge in [-0.2, -0.15) is 0 Å². The summed E-state index contributed by atoms with van der Waals surface area (Å²) in [5.74, 6) is -0.159. The molecule has 0 aromatic carbocycles. The second-order valence-corrected chi connectivity index (χ2v) is 2.84. The van der Waals surface area contributed by atoms with Crippen LogP contribution >= 0.6 is 0 Å². The predicted molar refractivity (Wildman–Crippen MR) is 43.4 cm³/mol. The Morgan fingerprint density at radius 3 is 2.42 bits per heavy atom. The van der Waals surface area contributed by atoms with Crippen molar-refractivity contribution in [3.8, 4) is 0 Å². The number of likely N-dealkylation sites (N-methyl/N-ethyl adjacent to an activating group) is 1. The standard InChI is InChI=1S/C7H13N3O2/c1-5-6(11)9(2)7(12)10(5)4-3-8/h5H,3-4,8H2,1-2H3. The fraction of sp³-hybridized carbons (Fsp3) is 0.714. The zero-order valence-electron chi connectivity index (χ0n) is 7.28. The van der Waals surface area contributed by atoms with E-state index < -0.39 is 0 Å². The molecular weight excluding hydrogens is 158 g/mol. The number of carbonyl (C=O) groups excluding carboxylic acids is 2. The summed E-state index contributed by atoms with van der Waals surface area (Å²) in [6.45, 7) is 2.53. The number of nitrogens with two attached hydrogens (primary N) is 1. The highest BCUT2D eigenvalue weighted by Crippen LogP contribution is 2.13. The number of imide groups is 1. The molecule has 0 spiro atoms. The van der Waals surface area contributed by atoms with E-state index >= 15 is 0 Å². The van der Waals surface area contributed by atoms with Crippen molar-refractivity contribution in [1.82, 2.24) is 9.80 Å². The van der Waals surface area contributed by atoms with Crippen LogP contribution in [0.5, 0.6) is 0 Å². The van der Waals surface area contributed by atoms with Gasteiger partial charge in [0.2, 0.25) is 0 Å². The SMILES string of the molecule is CC1C(=O)N(C)C(=O)N1CCN. The van der Waals surface area contributed by atoms with Crippen LogP contribution in [0.3, 0.4) is 0 Å². The van der Waals surface area contributed by atoms with Crippen LogP contribution in [0.25, 0.3) is 0 Å². The fourth-order valence-corrected chi connectivity index (χ4v) is 1.29. The van der Waals surface area contributed by atoms with Crippen LogP contribution in [0.2, 0.25) is 0 Å². The number of urea groups is 1. The Labute approximate surface area is 71.1 Å². The third kappa shape index (κ3) is 1.16. The van der Waals surface area contributed by atoms with E-state index in [0.717, 1.165) is 4.90 Å². The van der Waals surface area contributed by atoms with E-state index in [2.05, 4.69) is 0 Å². The molecule has 5 nitrogen and oxygen atoms in total. The van der Waals surface area contributed by atoms with Gasteiger partial charge in [-0.15, -0.1) is 0 Å². The van der Waals surface area contributed by atoms with Crippen LogP contribution in [0.1, 0.15) is 6.92 Å². The lowest BCUT2D eigenvalue weighted by atomic mass is 10.3. The van der Waals surface area contributed by atoms with Crippen molar-refractivity contribution < 1.29 is 9.59 Å². The summed E-state index contributed by atoms with van der Waals surface area (Å²) < 4.78 is 0. The second-order valence-electron chi connectivity index (χ2n) is 2.84. The molecule has 0 radical (unpaired) electrons. The maximum Gasteiger partial charge on any atom is 0.327 e. The van der Waals surface area contributed by atoms with E-state index in [0.29, 0.717) is 13.1 Å². The Hall–Kier alpha value is -1.10. The first-order valence-electron chi connectivity index (χ1n) is 3.87. The molecule has 1 unspecified atom stereocenters. The molecule has 1 aliphatic heterocycles. The zero-order valence-corrected chi connectivity index (χ0v) is 7.28. The first-order valence-corrected chi connectivity index (χ1v) is 3.87. The molecule has 0 aliphatic carbocycles. The monoisotopic (exact) mass is 171 g/mol. The van der Waals surface area contributed by atoms with Gasteiger partial charge in [0.25, 0.3) is 5.91 Å². The van der Waals surface area contributed by atoms with Gasteiger partial charge in [-0.1, -0.05) is 0 Å². The largest absolute Gasteiger partial charge is 0.329 e. The number of carbonyl (C=O) groups is 2. The molecule has 1 saturated heterocycles. The van der Waals surface area contributed by atoms with Crippen molar-refractivity contribution in [3.05, 3.63) is 0 Å². The summed E-state index contributed by atoms with van der Waals surface area (Å²) in [7, 11) is 1.48. The third-order valence-corrected chi connectivity index (χ3v) is 2.06. The summed E-state index contributed by atoms with van der Waals surface area (Å²) in [5, 5.41) is 0. The molecular formula is C7H13N3O2. The predicted octanol–water partition coefficient (Wildman–Crippen LogP) is -0.772. The molecule has 68 valence electrons. The molecule has 0 saturated carbocycles.